The second kappa shape index (κ2) is 5.32. The van der Waals surface area contributed by atoms with Gasteiger partial charge < -0.3 is 16.2 Å². The summed E-state index contributed by atoms with van der Waals surface area (Å²) in [5, 5.41) is 13.1. The smallest absolute Gasteiger partial charge is 0.0580 e. The number of anilines is 1. The fourth-order valence-electron chi connectivity index (χ4n) is 2.34. The average Bonchev–Trinajstić information content (AvgIpc) is 2.67. The Morgan fingerprint density at radius 3 is 2.81 bits per heavy atom. The minimum Gasteiger partial charge on any atom is -0.398 e. The number of benzene rings is 1. The summed E-state index contributed by atoms with van der Waals surface area (Å²) in [6.45, 7) is 1.67. The normalized spacial score (nSPS) is 24.8. The van der Waals surface area contributed by atoms with E-state index in [0.717, 1.165) is 43.6 Å². The van der Waals surface area contributed by atoms with Crippen LogP contribution in [0.5, 0.6) is 0 Å². The van der Waals surface area contributed by atoms with Gasteiger partial charge in [-0.05, 0) is 30.4 Å². The molecule has 3 heteroatoms. The molecule has 0 aliphatic heterocycles. The van der Waals surface area contributed by atoms with Crippen LogP contribution in [0.2, 0.25) is 0 Å². The lowest BCUT2D eigenvalue weighted by atomic mass is 10.1. The van der Waals surface area contributed by atoms with E-state index in [1.807, 2.05) is 24.3 Å². The van der Waals surface area contributed by atoms with Gasteiger partial charge in [0.2, 0.25) is 0 Å². The van der Waals surface area contributed by atoms with Crippen molar-refractivity contribution in [3.63, 3.8) is 0 Å². The topological polar surface area (TPSA) is 58.3 Å². The Morgan fingerprint density at radius 2 is 2.12 bits per heavy atom. The molecule has 1 aliphatic rings. The number of aliphatic hydroxyl groups is 1. The van der Waals surface area contributed by atoms with Crippen LogP contribution in [0, 0.1) is 5.92 Å². The molecule has 0 bridgehead atoms. The van der Waals surface area contributed by atoms with Crippen LogP contribution in [0.1, 0.15) is 24.8 Å². The van der Waals surface area contributed by atoms with E-state index < -0.39 is 0 Å². The molecule has 88 valence electrons. The molecule has 0 saturated heterocycles. The monoisotopic (exact) mass is 220 g/mol. The summed E-state index contributed by atoms with van der Waals surface area (Å²) in [6, 6.07) is 7.90. The number of hydrogen-bond donors (Lipinski definition) is 3. The van der Waals surface area contributed by atoms with Crippen molar-refractivity contribution in [1.29, 1.82) is 0 Å². The predicted molar refractivity (Wildman–Crippen MR) is 65.9 cm³/mol. The van der Waals surface area contributed by atoms with E-state index in [1.54, 1.807) is 0 Å². The highest BCUT2D eigenvalue weighted by molar-refractivity contribution is 5.46. The van der Waals surface area contributed by atoms with Crippen LogP contribution in [0.15, 0.2) is 24.3 Å². The maximum absolute atomic E-state index is 9.68. The molecule has 0 aromatic heterocycles. The number of para-hydroxylation sites is 1. The van der Waals surface area contributed by atoms with Crippen LogP contribution < -0.4 is 11.1 Å². The van der Waals surface area contributed by atoms with Gasteiger partial charge in [-0.15, -0.1) is 0 Å². The fourth-order valence-corrected chi connectivity index (χ4v) is 2.34. The third kappa shape index (κ3) is 2.74. The third-order valence-corrected chi connectivity index (χ3v) is 3.40. The molecule has 1 fully saturated rings. The molecule has 0 spiro atoms. The number of aliphatic hydroxyl groups excluding tert-OH is 1. The van der Waals surface area contributed by atoms with E-state index in [4.69, 9.17) is 5.73 Å². The van der Waals surface area contributed by atoms with Crippen molar-refractivity contribution in [1.82, 2.24) is 5.32 Å². The van der Waals surface area contributed by atoms with Crippen molar-refractivity contribution < 1.29 is 5.11 Å². The lowest BCUT2D eigenvalue weighted by molar-refractivity contribution is 0.131. The van der Waals surface area contributed by atoms with Crippen LogP contribution in [0.4, 0.5) is 5.69 Å². The minimum absolute atomic E-state index is 0.111. The van der Waals surface area contributed by atoms with Gasteiger partial charge in [0.05, 0.1) is 6.10 Å². The summed E-state index contributed by atoms with van der Waals surface area (Å²) >= 11 is 0. The number of nitrogens with two attached hydrogens (primary N) is 1. The molecule has 0 radical (unpaired) electrons. The second-order valence-corrected chi connectivity index (χ2v) is 4.59. The molecule has 3 nitrogen and oxygen atoms in total. The van der Waals surface area contributed by atoms with Crippen molar-refractivity contribution in [3.05, 3.63) is 29.8 Å². The van der Waals surface area contributed by atoms with E-state index in [-0.39, 0.29) is 6.10 Å². The Kier molecular flexibility index (Phi) is 3.80. The zero-order chi connectivity index (χ0) is 11.4. The molecular weight excluding hydrogens is 200 g/mol. The molecule has 2 rings (SSSR count). The quantitative estimate of drug-likeness (QED) is 0.674. The van der Waals surface area contributed by atoms with Crippen LogP contribution in [-0.2, 0) is 6.54 Å². The summed E-state index contributed by atoms with van der Waals surface area (Å²) in [5.41, 5.74) is 7.82. The molecular formula is C13H20N2O. The van der Waals surface area contributed by atoms with Crippen LogP contribution >= 0.6 is 0 Å². The lowest BCUT2D eigenvalue weighted by Gasteiger charge is -2.15. The maximum Gasteiger partial charge on any atom is 0.0580 e. The van der Waals surface area contributed by atoms with Gasteiger partial charge in [0, 0.05) is 18.8 Å². The van der Waals surface area contributed by atoms with E-state index in [1.165, 1.54) is 0 Å². The van der Waals surface area contributed by atoms with E-state index in [2.05, 4.69) is 5.32 Å². The molecule has 4 N–H and O–H groups in total. The van der Waals surface area contributed by atoms with Gasteiger partial charge in [-0.1, -0.05) is 24.6 Å². The Hall–Kier alpha value is -1.06. The Morgan fingerprint density at radius 1 is 1.31 bits per heavy atom. The first kappa shape index (κ1) is 11.4. The van der Waals surface area contributed by atoms with Crippen LogP contribution in [-0.4, -0.2) is 17.8 Å². The maximum atomic E-state index is 9.68. The van der Waals surface area contributed by atoms with E-state index in [0.29, 0.717) is 5.92 Å². The molecule has 1 aromatic carbocycles. The van der Waals surface area contributed by atoms with Crippen molar-refractivity contribution in [2.75, 3.05) is 12.3 Å². The molecule has 1 aliphatic carbocycles. The Balaban J connectivity index is 1.78. The number of hydrogen-bond acceptors (Lipinski definition) is 3. The second-order valence-electron chi connectivity index (χ2n) is 4.59. The minimum atomic E-state index is -0.111. The number of nitrogens with one attached hydrogen (secondary N) is 1. The molecule has 0 amide bonds. The standard InChI is InChI=1S/C13H20N2O/c14-12-6-2-1-4-10(12)8-15-9-11-5-3-7-13(11)16/h1-2,4,6,11,13,15-16H,3,5,7-9,14H2. The zero-order valence-corrected chi connectivity index (χ0v) is 9.52. The van der Waals surface area contributed by atoms with Gasteiger partial charge in [0.25, 0.3) is 0 Å². The molecule has 0 heterocycles. The van der Waals surface area contributed by atoms with Crippen LogP contribution in [0.25, 0.3) is 0 Å². The summed E-state index contributed by atoms with van der Waals surface area (Å²) in [6.07, 6.45) is 3.14. The molecule has 2 atom stereocenters. The first-order valence-corrected chi connectivity index (χ1v) is 5.99. The lowest BCUT2D eigenvalue weighted by Crippen LogP contribution is -2.27. The first-order chi connectivity index (χ1) is 7.77. The SMILES string of the molecule is Nc1ccccc1CNCC1CCCC1O. The number of rotatable bonds is 4. The Bertz CT molecular complexity index is 340. The highest BCUT2D eigenvalue weighted by Crippen LogP contribution is 2.24. The summed E-state index contributed by atoms with van der Waals surface area (Å²) in [5.74, 6) is 0.421. The van der Waals surface area contributed by atoms with Gasteiger partial charge in [0.1, 0.15) is 0 Å². The van der Waals surface area contributed by atoms with E-state index >= 15 is 0 Å². The molecule has 16 heavy (non-hydrogen) atoms. The van der Waals surface area contributed by atoms with Gasteiger partial charge in [0.15, 0.2) is 0 Å². The predicted octanol–water partition coefficient (Wildman–Crippen LogP) is 1.52. The fraction of sp³-hybridized carbons (Fsp3) is 0.538. The summed E-state index contributed by atoms with van der Waals surface area (Å²) < 4.78 is 0. The molecule has 2 unspecified atom stereocenters. The Labute approximate surface area is 96.7 Å². The van der Waals surface area contributed by atoms with E-state index in [9.17, 15) is 5.11 Å². The summed E-state index contributed by atoms with van der Waals surface area (Å²) in [4.78, 5) is 0. The van der Waals surface area contributed by atoms with Gasteiger partial charge in [-0.3, -0.25) is 0 Å². The van der Waals surface area contributed by atoms with Crippen LogP contribution in [0.3, 0.4) is 0 Å². The van der Waals surface area contributed by atoms with Crippen molar-refractivity contribution >= 4 is 5.69 Å². The highest BCUT2D eigenvalue weighted by Gasteiger charge is 2.24. The van der Waals surface area contributed by atoms with Gasteiger partial charge >= 0.3 is 0 Å². The number of nitrogen functional groups attached to an aromatic ring is 1. The molecule has 1 aromatic rings. The highest BCUT2D eigenvalue weighted by atomic mass is 16.3. The molecule has 1 saturated carbocycles. The zero-order valence-electron chi connectivity index (χ0n) is 9.52. The van der Waals surface area contributed by atoms with Gasteiger partial charge in [-0.2, -0.15) is 0 Å². The first-order valence-electron chi connectivity index (χ1n) is 5.99. The third-order valence-electron chi connectivity index (χ3n) is 3.40. The van der Waals surface area contributed by atoms with Gasteiger partial charge in [-0.25, -0.2) is 0 Å². The van der Waals surface area contributed by atoms with Crippen molar-refractivity contribution in [2.24, 2.45) is 5.92 Å². The van der Waals surface area contributed by atoms with Crippen molar-refractivity contribution in [2.45, 2.75) is 31.9 Å². The van der Waals surface area contributed by atoms with Crippen molar-refractivity contribution in [3.8, 4) is 0 Å². The summed E-state index contributed by atoms with van der Waals surface area (Å²) in [7, 11) is 0. The average molecular weight is 220 g/mol. The largest absolute Gasteiger partial charge is 0.398 e.